The van der Waals surface area contributed by atoms with Gasteiger partial charge in [0.1, 0.15) is 5.75 Å². The Bertz CT molecular complexity index is 532. The zero-order valence-corrected chi connectivity index (χ0v) is 10.0. The molecule has 0 saturated carbocycles. The summed E-state index contributed by atoms with van der Waals surface area (Å²) >= 11 is 0. The smallest absolute Gasteiger partial charge is 0.115 e. The van der Waals surface area contributed by atoms with E-state index in [1.54, 1.807) is 12.1 Å². The summed E-state index contributed by atoms with van der Waals surface area (Å²) in [5, 5.41) is 23.0. The van der Waals surface area contributed by atoms with Crippen molar-refractivity contribution in [2.45, 2.75) is 27.0 Å². The third-order valence-electron chi connectivity index (χ3n) is 2.93. The van der Waals surface area contributed by atoms with Crippen LogP contribution in [0, 0.1) is 13.8 Å². The van der Waals surface area contributed by atoms with Crippen molar-refractivity contribution < 1.29 is 10.2 Å². The molecule has 0 atom stereocenters. The van der Waals surface area contributed by atoms with Gasteiger partial charge in [0.15, 0.2) is 0 Å². The Labute approximate surface area is 100 Å². The Morgan fingerprint density at radius 3 is 2.65 bits per heavy atom. The van der Waals surface area contributed by atoms with E-state index in [1.165, 1.54) is 0 Å². The molecule has 0 amide bonds. The lowest BCUT2D eigenvalue weighted by molar-refractivity contribution is 0.280. The number of hydrogen-bond donors (Lipinski definition) is 2. The van der Waals surface area contributed by atoms with E-state index in [4.69, 9.17) is 0 Å². The molecule has 0 aliphatic carbocycles. The number of benzene rings is 1. The summed E-state index contributed by atoms with van der Waals surface area (Å²) in [7, 11) is 0. The minimum atomic E-state index is 0.0116. The van der Waals surface area contributed by atoms with Crippen molar-refractivity contribution >= 4 is 0 Å². The monoisotopic (exact) mass is 232 g/mol. The van der Waals surface area contributed by atoms with E-state index in [0.29, 0.717) is 6.54 Å². The third kappa shape index (κ3) is 2.31. The molecule has 0 spiro atoms. The summed E-state index contributed by atoms with van der Waals surface area (Å²) in [4.78, 5) is 0. The number of aromatic nitrogens is 2. The average molecular weight is 232 g/mol. The lowest BCUT2D eigenvalue weighted by atomic mass is 10.2. The Balaban J connectivity index is 2.30. The molecule has 4 nitrogen and oxygen atoms in total. The van der Waals surface area contributed by atoms with Crippen LogP contribution in [0.2, 0.25) is 0 Å². The van der Waals surface area contributed by atoms with Crippen molar-refractivity contribution in [3.05, 3.63) is 46.8 Å². The van der Waals surface area contributed by atoms with Crippen LogP contribution in [0.25, 0.3) is 0 Å². The van der Waals surface area contributed by atoms with Gasteiger partial charge in [0.25, 0.3) is 0 Å². The van der Waals surface area contributed by atoms with Gasteiger partial charge in [0.2, 0.25) is 0 Å². The van der Waals surface area contributed by atoms with E-state index in [9.17, 15) is 10.2 Å². The molecule has 90 valence electrons. The largest absolute Gasteiger partial charge is 0.508 e. The maximum Gasteiger partial charge on any atom is 0.115 e. The van der Waals surface area contributed by atoms with E-state index in [1.807, 2.05) is 30.7 Å². The van der Waals surface area contributed by atoms with Gasteiger partial charge >= 0.3 is 0 Å². The molecule has 4 heteroatoms. The Hall–Kier alpha value is -1.81. The highest BCUT2D eigenvalue weighted by Gasteiger charge is 2.10. The van der Waals surface area contributed by atoms with E-state index >= 15 is 0 Å². The number of hydrogen-bond acceptors (Lipinski definition) is 3. The predicted octanol–water partition coefficient (Wildman–Crippen LogP) is 1.75. The second-order valence-electron chi connectivity index (χ2n) is 4.14. The molecule has 2 aromatic rings. The number of aromatic hydroxyl groups is 1. The van der Waals surface area contributed by atoms with E-state index in [-0.39, 0.29) is 12.4 Å². The van der Waals surface area contributed by atoms with E-state index < -0.39 is 0 Å². The van der Waals surface area contributed by atoms with Gasteiger partial charge in [-0.3, -0.25) is 4.68 Å². The first-order valence-corrected chi connectivity index (χ1v) is 5.53. The lowest BCUT2D eigenvalue weighted by Crippen LogP contribution is -2.04. The second kappa shape index (κ2) is 4.59. The SMILES string of the molecule is Cc1nn(Cc2cccc(O)c2)c(C)c1CO. The molecule has 0 unspecified atom stereocenters. The molecule has 1 aromatic carbocycles. The average Bonchev–Trinajstić information content (AvgIpc) is 2.54. The van der Waals surface area contributed by atoms with Crippen molar-refractivity contribution in [3.8, 4) is 5.75 Å². The molecule has 0 aliphatic heterocycles. The first-order valence-electron chi connectivity index (χ1n) is 5.53. The van der Waals surface area contributed by atoms with Crippen molar-refractivity contribution in [1.82, 2.24) is 9.78 Å². The molecule has 17 heavy (non-hydrogen) atoms. The third-order valence-corrected chi connectivity index (χ3v) is 2.93. The molecule has 2 rings (SSSR count). The highest BCUT2D eigenvalue weighted by atomic mass is 16.3. The molecule has 0 bridgehead atoms. The van der Waals surface area contributed by atoms with Gasteiger partial charge in [0, 0.05) is 11.3 Å². The maximum absolute atomic E-state index is 9.40. The Morgan fingerprint density at radius 2 is 2.06 bits per heavy atom. The zero-order valence-electron chi connectivity index (χ0n) is 10.0. The predicted molar refractivity (Wildman–Crippen MR) is 64.8 cm³/mol. The van der Waals surface area contributed by atoms with E-state index in [2.05, 4.69) is 5.10 Å². The van der Waals surface area contributed by atoms with Gasteiger partial charge in [-0.05, 0) is 31.5 Å². The summed E-state index contributed by atoms with van der Waals surface area (Å²) in [6.07, 6.45) is 0. The quantitative estimate of drug-likeness (QED) is 0.847. The molecule has 2 N–H and O–H groups in total. The normalized spacial score (nSPS) is 10.8. The highest BCUT2D eigenvalue weighted by Crippen LogP contribution is 2.16. The minimum Gasteiger partial charge on any atom is -0.508 e. The molecular weight excluding hydrogens is 216 g/mol. The van der Waals surface area contributed by atoms with Gasteiger partial charge < -0.3 is 10.2 Å². The zero-order chi connectivity index (χ0) is 12.4. The van der Waals surface area contributed by atoms with E-state index in [0.717, 1.165) is 22.5 Å². The molecule has 0 radical (unpaired) electrons. The summed E-state index contributed by atoms with van der Waals surface area (Å²) < 4.78 is 1.84. The van der Waals surface area contributed by atoms with Crippen LogP contribution in [0.15, 0.2) is 24.3 Å². The van der Waals surface area contributed by atoms with Crippen LogP contribution < -0.4 is 0 Å². The van der Waals surface area contributed by atoms with Crippen LogP contribution in [0.3, 0.4) is 0 Å². The Kier molecular flexibility index (Phi) is 3.15. The molecular formula is C13H16N2O2. The number of aliphatic hydroxyl groups excluding tert-OH is 1. The molecule has 1 aromatic heterocycles. The topological polar surface area (TPSA) is 58.3 Å². The van der Waals surface area contributed by atoms with Crippen LogP contribution in [0.5, 0.6) is 5.75 Å². The fourth-order valence-corrected chi connectivity index (χ4v) is 1.94. The number of aliphatic hydroxyl groups is 1. The summed E-state index contributed by atoms with van der Waals surface area (Å²) in [6.45, 7) is 4.44. The molecule has 1 heterocycles. The van der Waals surface area contributed by atoms with Crippen LogP contribution in [0.1, 0.15) is 22.5 Å². The van der Waals surface area contributed by atoms with Gasteiger partial charge in [-0.15, -0.1) is 0 Å². The summed E-state index contributed by atoms with van der Waals surface area (Å²) in [5.74, 6) is 0.256. The number of aryl methyl sites for hydroxylation is 1. The van der Waals surface area contributed by atoms with Crippen LogP contribution >= 0.6 is 0 Å². The number of nitrogens with zero attached hydrogens (tertiary/aromatic N) is 2. The first-order chi connectivity index (χ1) is 8.11. The Morgan fingerprint density at radius 1 is 1.29 bits per heavy atom. The van der Waals surface area contributed by atoms with Gasteiger partial charge in [-0.2, -0.15) is 5.10 Å². The van der Waals surface area contributed by atoms with Crippen molar-refractivity contribution in [2.75, 3.05) is 0 Å². The highest BCUT2D eigenvalue weighted by molar-refractivity contribution is 5.29. The van der Waals surface area contributed by atoms with Crippen molar-refractivity contribution in [2.24, 2.45) is 0 Å². The van der Waals surface area contributed by atoms with Crippen LogP contribution in [-0.4, -0.2) is 20.0 Å². The van der Waals surface area contributed by atoms with Crippen LogP contribution in [-0.2, 0) is 13.2 Å². The van der Waals surface area contributed by atoms with Crippen molar-refractivity contribution in [1.29, 1.82) is 0 Å². The van der Waals surface area contributed by atoms with Crippen molar-refractivity contribution in [3.63, 3.8) is 0 Å². The molecule has 0 aliphatic rings. The maximum atomic E-state index is 9.40. The van der Waals surface area contributed by atoms with Gasteiger partial charge in [-0.1, -0.05) is 12.1 Å². The lowest BCUT2D eigenvalue weighted by Gasteiger charge is -2.05. The standard InChI is InChI=1S/C13H16N2O2/c1-9-13(8-16)10(2)15(14-9)7-11-4-3-5-12(17)6-11/h3-6,16-17H,7-8H2,1-2H3. The summed E-state index contributed by atoms with van der Waals surface area (Å²) in [6, 6.07) is 7.11. The fraction of sp³-hybridized carbons (Fsp3) is 0.308. The van der Waals surface area contributed by atoms with Crippen LogP contribution in [0.4, 0.5) is 0 Å². The summed E-state index contributed by atoms with van der Waals surface area (Å²) in [5.41, 5.74) is 3.68. The first kappa shape index (κ1) is 11.7. The number of phenols is 1. The van der Waals surface area contributed by atoms with Gasteiger partial charge in [-0.25, -0.2) is 0 Å². The minimum absolute atomic E-state index is 0.0116. The van der Waals surface area contributed by atoms with Gasteiger partial charge in [0.05, 0.1) is 18.8 Å². The second-order valence-corrected chi connectivity index (χ2v) is 4.14. The molecule has 0 fully saturated rings. The number of rotatable bonds is 3. The fourth-order valence-electron chi connectivity index (χ4n) is 1.94. The molecule has 0 saturated heterocycles. The number of phenolic OH excluding ortho intramolecular Hbond substituents is 1.